The van der Waals surface area contributed by atoms with Crippen LogP contribution in [0.3, 0.4) is 0 Å². The molecule has 0 atom stereocenters. The Morgan fingerprint density at radius 2 is 2.06 bits per heavy atom. The maximum Gasteiger partial charge on any atom is 0.138 e. The van der Waals surface area contributed by atoms with Gasteiger partial charge in [0, 0.05) is 0 Å². The van der Waals surface area contributed by atoms with Gasteiger partial charge in [0.1, 0.15) is 12.4 Å². The molecule has 0 aliphatic rings. The van der Waals surface area contributed by atoms with Crippen LogP contribution in [0.5, 0.6) is 5.75 Å². The molecule has 0 spiro atoms. The summed E-state index contributed by atoms with van der Waals surface area (Å²) in [7, 11) is 0. The van der Waals surface area contributed by atoms with Crippen molar-refractivity contribution >= 4 is 11.6 Å². The van der Waals surface area contributed by atoms with Gasteiger partial charge in [0.2, 0.25) is 0 Å². The molecule has 1 aromatic carbocycles. The smallest absolute Gasteiger partial charge is 0.138 e. The third kappa shape index (κ3) is 3.13. The first-order valence-electron chi connectivity index (χ1n) is 5.55. The third-order valence-corrected chi connectivity index (χ3v) is 3.24. The third-order valence-electron chi connectivity index (χ3n) is 2.95. The average Bonchev–Trinajstić information content (AvgIpc) is 2.27. The molecule has 0 aliphatic carbocycles. The van der Waals surface area contributed by atoms with Gasteiger partial charge >= 0.3 is 0 Å². The highest BCUT2D eigenvalue weighted by molar-refractivity contribution is 6.32. The molecule has 3 heteroatoms. The number of halogens is 1. The molecular weight excluding hydrogens is 224 g/mol. The molecule has 0 saturated heterocycles. The minimum absolute atomic E-state index is 0.00145. The molecule has 90 valence electrons. The van der Waals surface area contributed by atoms with Gasteiger partial charge in [0.15, 0.2) is 0 Å². The largest absolute Gasteiger partial charge is 0.490 e. The predicted molar refractivity (Wildman–Crippen MR) is 67.3 cm³/mol. The molecule has 1 rings (SSSR count). The summed E-state index contributed by atoms with van der Waals surface area (Å²) in [4.78, 5) is 0. The minimum Gasteiger partial charge on any atom is -0.490 e. The van der Waals surface area contributed by atoms with Crippen LogP contribution in [0.2, 0.25) is 5.02 Å². The van der Waals surface area contributed by atoms with Crippen LogP contribution in [0.15, 0.2) is 18.2 Å². The van der Waals surface area contributed by atoms with E-state index in [1.807, 2.05) is 18.2 Å². The van der Waals surface area contributed by atoms with E-state index in [0.29, 0.717) is 10.8 Å². The van der Waals surface area contributed by atoms with E-state index in [1.54, 1.807) is 0 Å². The Morgan fingerprint density at radius 3 is 2.56 bits per heavy atom. The van der Waals surface area contributed by atoms with E-state index >= 15 is 0 Å². The average molecular weight is 243 g/mol. The van der Waals surface area contributed by atoms with Crippen molar-refractivity contribution in [3.8, 4) is 5.75 Å². The van der Waals surface area contributed by atoms with E-state index < -0.39 is 0 Å². The molecule has 16 heavy (non-hydrogen) atoms. The van der Waals surface area contributed by atoms with Crippen molar-refractivity contribution in [3.63, 3.8) is 0 Å². The normalized spacial score (nSPS) is 11.6. The summed E-state index contributed by atoms with van der Waals surface area (Å²) in [6.07, 6.45) is 1.06. The number of benzene rings is 1. The van der Waals surface area contributed by atoms with E-state index in [4.69, 9.17) is 21.4 Å². The zero-order valence-corrected chi connectivity index (χ0v) is 10.8. The Labute approximate surface area is 102 Å². The fraction of sp³-hybridized carbons (Fsp3) is 0.538. The molecule has 0 amide bonds. The van der Waals surface area contributed by atoms with E-state index in [1.165, 1.54) is 5.56 Å². The molecule has 1 N–H and O–H groups in total. The lowest BCUT2D eigenvalue weighted by atomic mass is 9.82. The van der Waals surface area contributed by atoms with Gasteiger partial charge in [0.05, 0.1) is 11.6 Å². The lowest BCUT2D eigenvalue weighted by molar-refractivity contribution is 0.201. The zero-order chi connectivity index (χ0) is 12.2. The summed E-state index contributed by atoms with van der Waals surface area (Å²) in [5.74, 6) is 0.631. The highest BCUT2D eigenvalue weighted by atomic mass is 35.5. The molecular formula is C13H19ClO2. The summed E-state index contributed by atoms with van der Waals surface area (Å²) in [6, 6.07) is 5.84. The molecule has 0 fully saturated rings. The van der Waals surface area contributed by atoms with E-state index in [2.05, 4.69) is 20.8 Å². The number of hydrogen-bond donors (Lipinski definition) is 1. The number of rotatable bonds is 5. The molecule has 0 aliphatic heterocycles. The Balaban J connectivity index is 2.90. The maximum atomic E-state index is 8.67. The quantitative estimate of drug-likeness (QED) is 0.858. The van der Waals surface area contributed by atoms with Gasteiger partial charge in [-0.25, -0.2) is 0 Å². The zero-order valence-electron chi connectivity index (χ0n) is 10.1. The van der Waals surface area contributed by atoms with Gasteiger partial charge in [0.25, 0.3) is 0 Å². The van der Waals surface area contributed by atoms with E-state index in [9.17, 15) is 0 Å². The molecule has 0 heterocycles. The van der Waals surface area contributed by atoms with E-state index in [0.717, 1.165) is 6.42 Å². The number of ether oxygens (including phenoxy) is 1. The lowest BCUT2D eigenvalue weighted by Crippen LogP contribution is -2.15. The van der Waals surface area contributed by atoms with Gasteiger partial charge in [-0.2, -0.15) is 0 Å². The number of hydrogen-bond acceptors (Lipinski definition) is 2. The SMILES string of the molecule is CCC(C)(C)c1ccc(OCCO)c(Cl)c1. The molecule has 0 unspecified atom stereocenters. The second kappa shape index (κ2) is 5.55. The summed E-state index contributed by atoms with van der Waals surface area (Å²) in [5.41, 5.74) is 1.33. The van der Waals surface area contributed by atoms with Crippen LogP contribution in [0.1, 0.15) is 32.8 Å². The Morgan fingerprint density at radius 1 is 1.38 bits per heavy atom. The van der Waals surface area contributed by atoms with Gasteiger partial charge in [-0.15, -0.1) is 0 Å². The topological polar surface area (TPSA) is 29.5 Å². The molecule has 1 aromatic rings. The molecule has 0 saturated carbocycles. The Bertz CT molecular complexity index is 348. The first-order valence-corrected chi connectivity index (χ1v) is 5.92. The van der Waals surface area contributed by atoms with Gasteiger partial charge in [-0.05, 0) is 29.5 Å². The van der Waals surface area contributed by atoms with Crippen LogP contribution in [0.25, 0.3) is 0 Å². The fourth-order valence-electron chi connectivity index (χ4n) is 1.40. The highest BCUT2D eigenvalue weighted by Crippen LogP contribution is 2.33. The predicted octanol–water partition coefficient (Wildman–Crippen LogP) is 3.40. The second-order valence-corrected chi connectivity index (χ2v) is 4.86. The van der Waals surface area contributed by atoms with Crippen molar-refractivity contribution in [2.24, 2.45) is 0 Å². The molecule has 0 bridgehead atoms. The van der Waals surface area contributed by atoms with Crippen LogP contribution < -0.4 is 4.74 Å². The Kier molecular flexibility index (Phi) is 4.63. The summed E-state index contributed by atoms with van der Waals surface area (Å²) >= 11 is 6.12. The van der Waals surface area contributed by atoms with Crippen LogP contribution >= 0.6 is 11.6 Å². The monoisotopic (exact) mass is 242 g/mol. The van der Waals surface area contributed by atoms with Crippen molar-refractivity contribution in [2.45, 2.75) is 32.6 Å². The van der Waals surface area contributed by atoms with Gasteiger partial charge in [-0.1, -0.05) is 38.4 Å². The van der Waals surface area contributed by atoms with Crippen molar-refractivity contribution in [3.05, 3.63) is 28.8 Å². The second-order valence-electron chi connectivity index (χ2n) is 4.45. The number of aliphatic hydroxyl groups is 1. The number of aliphatic hydroxyl groups excluding tert-OH is 1. The first kappa shape index (κ1) is 13.3. The van der Waals surface area contributed by atoms with Crippen LogP contribution in [-0.4, -0.2) is 18.3 Å². The lowest BCUT2D eigenvalue weighted by Gasteiger charge is -2.24. The van der Waals surface area contributed by atoms with Crippen molar-refractivity contribution in [2.75, 3.05) is 13.2 Å². The van der Waals surface area contributed by atoms with E-state index in [-0.39, 0.29) is 18.6 Å². The van der Waals surface area contributed by atoms with Gasteiger partial charge in [-0.3, -0.25) is 0 Å². The van der Waals surface area contributed by atoms with Crippen LogP contribution in [-0.2, 0) is 5.41 Å². The summed E-state index contributed by atoms with van der Waals surface area (Å²) in [6.45, 7) is 6.80. The van der Waals surface area contributed by atoms with Crippen molar-refractivity contribution in [1.82, 2.24) is 0 Å². The van der Waals surface area contributed by atoms with Crippen LogP contribution in [0.4, 0.5) is 0 Å². The van der Waals surface area contributed by atoms with Gasteiger partial charge < -0.3 is 9.84 Å². The summed E-state index contributed by atoms with van der Waals surface area (Å²) in [5, 5.41) is 9.28. The highest BCUT2D eigenvalue weighted by Gasteiger charge is 2.19. The standard InChI is InChI=1S/C13H19ClO2/c1-4-13(2,3)10-5-6-12(11(14)9-10)16-8-7-15/h5-6,9,15H,4,7-8H2,1-3H3. The molecule has 0 radical (unpaired) electrons. The molecule has 2 nitrogen and oxygen atoms in total. The van der Waals surface area contributed by atoms with Crippen molar-refractivity contribution < 1.29 is 9.84 Å². The minimum atomic E-state index is -0.00145. The van der Waals surface area contributed by atoms with Crippen LogP contribution in [0, 0.1) is 0 Å². The Hall–Kier alpha value is -0.730. The fourth-order valence-corrected chi connectivity index (χ4v) is 1.63. The first-order chi connectivity index (χ1) is 7.51. The maximum absolute atomic E-state index is 8.67. The molecule has 0 aromatic heterocycles. The van der Waals surface area contributed by atoms with Crippen molar-refractivity contribution in [1.29, 1.82) is 0 Å². The summed E-state index contributed by atoms with van der Waals surface area (Å²) < 4.78 is 5.31.